The van der Waals surface area contributed by atoms with Crippen molar-refractivity contribution in [2.24, 2.45) is 0 Å². The highest BCUT2D eigenvalue weighted by atomic mass is 32.2. The normalized spacial score (nSPS) is 21.7. The van der Waals surface area contributed by atoms with Crippen LogP contribution in [0.4, 0.5) is 0 Å². The molecule has 0 aliphatic carbocycles. The van der Waals surface area contributed by atoms with E-state index in [0.717, 1.165) is 16.0 Å². The van der Waals surface area contributed by atoms with E-state index in [1.807, 2.05) is 60.7 Å². The largest absolute Gasteiger partial charge is 0.363 e. The number of aliphatic hydroxyl groups is 2. The third-order valence-corrected chi connectivity index (χ3v) is 7.13. The van der Waals surface area contributed by atoms with E-state index < -0.39 is 12.4 Å². The lowest BCUT2D eigenvalue weighted by atomic mass is 10.1. The van der Waals surface area contributed by atoms with Gasteiger partial charge in [0.05, 0.1) is 12.3 Å². The standard InChI is InChI=1S/C21H21NO4S2/c23-19-18(26-11-14-7-3-1-4-8-14)20-22(19)17(21(24)25)15(13-28-20)12-27-16-9-5-2-6-10-16/h1-10,18,20-21,24-25H,11-13H2/t18-,20?/m0/s1. The molecule has 1 unspecified atom stereocenters. The van der Waals surface area contributed by atoms with Gasteiger partial charge in [-0.25, -0.2) is 0 Å². The van der Waals surface area contributed by atoms with E-state index in [4.69, 9.17) is 4.74 Å². The van der Waals surface area contributed by atoms with E-state index in [9.17, 15) is 15.0 Å². The lowest BCUT2D eigenvalue weighted by Gasteiger charge is -2.50. The van der Waals surface area contributed by atoms with Crippen molar-refractivity contribution in [3.8, 4) is 0 Å². The van der Waals surface area contributed by atoms with Crippen LogP contribution in [0, 0.1) is 0 Å². The summed E-state index contributed by atoms with van der Waals surface area (Å²) in [6, 6.07) is 19.6. The number of amides is 1. The van der Waals surface area contributed by atoms with Crippen LogP contribution in [0.15, 0.2) is 76.8 Å². The molecule has 0 bridgehead atoms. The molecule has 2 aromatic carbocycles. The Balaban J connectivity index is 1.44. The predicted molar refractivity (Wildman–Crippen MR) is 111 cm³/mol. The summed E-state index contributed by atoms with van der Waals surface area (Å²) >= 11 is 3.23. The average Bonchev–Trinajstić information content (AvgIpc) is 2.73. The number of fused-ring (bicyclic) bond motifs is 1. The number of rotatable bonds is 7. The predicted octanol–water partition coefficient (Wildman–Crippen LogP) is 2.84. The number of thioether (sulfide) groups is 2. The summed E-state index contributed by atoms with van der Waals surface area (Å²) in [5, 5.41) is 19.6. The van der Waals surface area contributed by atoms with E-state index in [1.165, 1.54) is 4.90 Å². The zero-order valence-electron chi connectivity index (χ0n) is 15.1. The fourth-order valence-corrected chi connectivity index (χ4v) is 5.74. The molecule has 1 amide bonds. The summed E-state index contributed by atoms with van der Waals surface area (Å²) in [6.07, 6.45) is -2.23. The van der Waals surface area contributed by atoms with Crippen molar-refractivity contribution in [2.45, 2.75) is 29.3 Å². The van der Waals surface area contributed by atoms with Crippen molar-refractivity contribution in [2.75, 3.05) is 11.5 Å². The summed E-state index contributed by atoms with van der Waals surface area (Å²) in [5.74, 6) is 1.04. The fourth-order valence-electron chi connectivity index (χ4n) is 3.31. The minimum absolute atomic E-state index is 0.210. The molecule has 2 N–H and O–H groups in total. The highest BCUT2D eigenvalue weighted by Gasteiger charge is 2.53. The van der Waals surface area contributed by atoms with Gasteiger partial charge in [0.2, 0.25) is 0 Å². The summed E-state index contributed by atoms with van der Waals surface area (Å²) in [7, 11) is 0. The first kappa shape index (κ1) is 19.5. The Morgan fingerprint density at radius 1 is 1.11 bits per heavy atom. The number of aliphatic hydroxyl groups excluding tert-OH is 1. The Labute approximate surface area is 172 Å². The van der Waals surface area contributed by atoms with Gasteiger partial charge in [-0.3, -0.25) is 9.69 Å². The molecule has 28 heavy (non-hydrogen) atoms. The van der Waals surface area contributed by atoms with Crippen molar-refractivity contribution in [3.05, 3.63) is 77.5 Å². The molecule has 2 atom stereocenters. The first-order valence-corrected chi connectivity index (χ1v) is 11.0. The maximum absolute atomic E-state index is 12.7. The SMILES string of the molecule is O=C1[C@H](OCc2ccccc2)C2SCC(CSc3ccccc3)=C(C(O)O)N12. The fraction of sp³-hybridized carbons (Fsp3) is 0.286. The van der Waals surface area contributed by atoms with Gasteiger partial charge in [-0.05, 0) is 23.3 Å². The Hall–Kier alpha value is -1.77. The number of β-lactam (4-membered cyclic amide) rings is 1. The maximum atomic E-state index is 12.7. The van der Waals surface area contributed by atoms with Crippen LogP contribution in [0.25, 0.3) is 0 Å². The quantitative estimate of drug-likeness (QED) is 0.412. The lowest BCUT2D eigenvalue weighted by molar-refractivity contribution is -0.168. The number of hydrogen-bond acceptors (Lipinski definition) is 6. The number of ether oxygens (including phenoxy) is 1. The average molecular weight is 416 g/mol. The Morgan fingerprint density at radius 3 is 2.46 bits per heavy atom. The van der Waals surface area contributed by atoms with Crippen LogP contribution in [0.5, 0.6) is 0 Å². The minimum atomic E-state index is -1.67. The number of benzene rings is 2. The highest BCUT2D eigenvalue weighted by molar-refractivity contribution is 8.01. The van der Waals surface area contributed by atoms with Gasteiger partial charge in [0.25, 0.3) is 5.91 Å². The molecule has 2 heterocycles. The second kappa shape index (κ2) is 8.71. The molecule has 0 spiro atoms. The Morgan fingerprint density at radius 2 is 1.79 bits per heavy atom. The minimum Gasteiger partial charge on any atom is -0.363 e. The summed E-state index contributed by atoms with van der Waals surface area (Å²) in [5.41, 5.74) is 2.20. The van der Waals surface area contributed by atoms with Crippen molar-refractivity contribution in [3.63, 3.8) is 0 Å². The van der Waals surface area contributed by atoms with Gasteiger partial charge >= 0.3 is 0 Å². The van der Waals surface area contributed by atoms with Gasteiger partial charge in [0, 0.05) is 16.4 Å². The van der Waals surface area contributed by atoms with Crippen LogP contribution in [0.3, 0.4) is 0 Å². The first-order chi connectivity index (χ1) is 13.6. The first-order valence-electron chi connectivity index (χ1n) is 9.01. The second-order valence-electron chi connectivity index (χ2n) is 6.59. The topological polar surface area (TPSA) is 70.0 Å². The summed E-state index contributed by atoms with van der Waals surface area (Å²) in [4.78, 5) is 15.3. The molecule has 0 aromatic heterocycles. The van der Waals surface area contributed by atoms with E-state index in [2.05, 4.69) is 0 Å². The third-order valence-electron chi connectivity index (χ3n) is 4.72. The molecular weight excluding hydrogens is 394 g/mol. The lowest BCUT2D eigenvalue weighted by Crippen LogP contribution is -2.66. The molecule has 2 aromatic rings. The van der Waals surface area contributed by atoms with Gasteiger partial charge in [0.1, 0.15) is 5.37 Å². The summed E-state index contributed by atoms with van der Waals surface area (Å²) < 4.78 is 5.84. The zero-order chi connectivity index (χ0) is 19.5. The monoisotopic (exact) mass is 415 g/mol. The van der Waals surface area contributed by atoms with E-state index in [-0.39, 0.29) is 11.3 Å². The molecule has 146 valence electrons. The van der Waals surface area contributed by atoms with Crippen LogP contribution in [-0.2, 0) is 16.1 Å². The zero-order valence-corrected chi connectivity index (χ0v) is 16.7. The van der Waals surface area contributed by atoms with Crippen molar-refractivity contribution in [1.82, 2.24) is 4.90 Å². The molecule has 2 aliphatic heterocycles. The Kier molecular flexibility index (Phi) is 6.08. The third kappa shape index (κ3) is 3.99. The number of carbonyl (C=O) groups excluding carboxylic acids is 1. The van der Waals surface area contributed by atoms with Crippen LogP contribution in [0.1, 0.15) is 5.56 Å². The summed E-state index contributed by atoms with van der Waals surface area (Å²) in [6.45, 7) is 0.361. The van der Waals surface area contributed by atoms with Crippen LogP contribution in [-0.4, -0.2) is 50.3 Å². The van der Waals surface area contributed by atoms with Gasteiger partial charge in [-0.1, -0.05) is 48.5 Å². The van der Waals surface area contributed by atoms with Gasteiger partial charge in [-0.15, -0.1) is 23.5 Å². The molecule has 4 rings (SSSR count). The molecule has 0 saturated carbocycles. The number of carbonyl (C=O) groups is 1. The van der Waals surface area contributed by atoms with E-state index in [0.29, 0.717) is 23.8 Å². The van der Waals surface area contributed by atoms with Crippen LogP contribution < -0.4 is 0 Å². The van der Waals surface area contributed by atoms with Crippen LogP contribution in [0.2, 0.25) is 0 Å². The molecule has 5 nitrogen and oxygen atoms in total. The molecule has 2 aliphatic rings. The van der Waals surface area contributed by atoms with Gasteiger partial charge < -0.3 is 14.9 Å². The number of nitrogens with zero attached hydrogens (tertiary/aromatic N) is 1. The molecule has 1 saturated heterocycles. The van der Waals surface area contributed by atoms with Gasteiger partial charge in [0.15, 0.2) is 12.4 Å². The molecular formula is C21H21NO4S2. The van der Waals surface area contributed by atoms with Crippen molar-refractivity contribution >= 4 is 29.4 Å². The maximum Gasteiger partial charge on any atom is 0.260 e. The smallest absolute Gasteiger partial charge is 0.260 e. The molecule has 7 heteroatoms. The highest BCUT2D eigenvalue weighted by Crippen LogP contribution is 2.43. The molecule has 1 fully saturated rings. The number of hydrogen-bond donors (Lipinski definition) is 2. The second-order valence-corrected chi connectivity index (χ2v) is 8.74. The Bertz CT molecular complexity index is 857. The van der Waals surface area contributed by atoms with Crippen LogP contribution >= 0.6 is 23.5 Å². The van der Waals surface area contributed by atoms with Crippen molar-refractivity contribution < 1.29 is 19.7 Å². The van der Waals surface area contributed by atoms with E-state index >= 15 is 0 Å². The van der Waals surface area contributed by atoms with Gasteiger partial charge in [-0.2, -0.15) is 0 Å². The van der Waals surface area contributed by atoms with E-state index in [1.54, 1.807) is 23.5 Å². The van der Waals surface area contributed by atoms with Crippen molar-refractivity contribution in [1.29, 1.82) is 0 Å². The molecule has 0 radical (unpaired) electrons.